The second kappa shape index (κ2) is 9.76. The highest BCUT2D eigenvalue weighted by atomic mass is 16.6. The summed E-state index contributed by atoms with van der Waals surface area (Å²) < 4.78 is 11.0. The Balaban J connectivity index is 1.01. The summed E-state index contributed by atoms with van der Waals surface area (Å²) in [5.41, 5.74) is 0.448. The van der Waals surface area contributed by atoms with Gasteiger partial charge < -0.3 is 9.47 Å². The molecular formula is C32H24N2O8. The molecule has 1 saturated heterocycles. The third-order valence-electron chi connectivity index (χ3n) is 8.82. The van der Waals surface area contributed by atoms with E-state index in [1.165, 1.54) is 42.5 Å². The molecule has 210 valence electrons. The lowest BCUT2D eigenvalue weighted by Crippen LogP contribution is -2.40. The summed E-state index contributed by atoms with van der Waals surface area (Å²) in [6, 6.07) is 18.0. The summed E-state index contributed by atoms with van der Waals surface area (Å²) in [6.07, 6.45) is 5.24. The van der Waals surface area contributed by atoms with Gasteiger partial charge >= 0.3 is 5.97 Å². The third kappa shape index (κ3) is 4.18. The van der Waals surface area contributed by atoms with Gasteiger partial charge in [-0.25, -0.2) is 9.69 Å². The predicted octanol–water partition coefficient (Wildman–Crippen LogP) is 4.98. The normalized spacial score (nSPS) is 26.4. The minimum atomic E-state index is -0.809. The number of nitrogens with zero attached hydrogens (tertiary/aromatic N) is 2. The Kier molecular flexibility index (Phi) is 6.00. The summed E-state index contributed by atoms with van der Waals surface area (Å²) in [4.78, 5) is 64.4. The van der Waals surface area contributed by atoms with E-state index in [9.17, 15) is 29.3 Å². The second-order valence-electron chi connectivity index (χ2n) is 11.1. The molecule has 0 spiro atoms. The summed E-state index contributed by atoms with van der Waals surface area (Å²) in [5, 5.41) is 10.8. The molecule has 42 heavy (non-hydrogen) atoms. The molecule has 3 fully saturated rings. The fourth-order valence-corrected chi connectivity index (χ4v) is 6.81. The number of carbonyl (C=O) groups excluding carboxylic acids is 4. The molecule has 0 unspecified atom stereocenters. The van der Waals surface area contributed by atoms with Crippen molar-refractivity contribution in [1.82, 2.24) is 0 Å². The monoisotopic (exact) mass is 564 g/mol. The number of carbonyl (C=O) groups is 4. The van der Waals surface area contributed by atoms with E-state index in [1.807, 2.05) is 0 Å². The average molecular weight is 565 g/mol. The number of ether oxygens (including phenoxy) is 2. The van der Waals surface area contributed by atoms with Crippen LogP contribution in [0.3, 0.4) is 0 Å². The molecule has 0 N–H and O–H groups in total. The lowest BCUT2D eigenvalue weighted by molar-refractivity contribution is -0.384. The van der Waals surface area contributed by atoms with E-state index in [0.717, 1.165) is 11.3 Å². The van der Waals surface area contributed by atoms with Crippen molar-refractivity contribution in [3.8, 4) is 11.5 Å². The molecule has 1 aliphatic heterocycles. The second-order valence-corrected chi connectivity index (χ2v) is 11.1. The molecule has 10 heteroatoms. The number of imide groups is 1. The van der Waals surface area contributed by atoms with Crippen molar-refractivity contribution in [3.63, 3.8) is 0 Å². The number of Topliss-reactive ketones (excluding diaryl/α,β-unsaturated/α-hetero) is 1. The average Bonchev–Trinajstić information content (AvgIpc) is 3.79. The minimum Gasteiger partial charge on any atom is -0.457 e. The lowest BCUT2D eigenvalue weighted by Gasteiger charge is -2.37. The van der Waals surface area contributed by atoms with E-state index in [2.05, 4.69) is 12.2 Å². The van der Waals surface area contributed by atoms with Gasteiger partial charge in [-0.2, -0.15) is 0 Å². The number of ketones is 1. The highest BCUT2D eigenvalue weighted by Crippen LogP contribution is 2.65. The summed E-state index contributed by atoms with van der Waals surface area (Å²) in [6.45, 7) is -0.541. The molecular weight excluding hydrogens is 540 g/mol. The molecule has 4 aliphatic carbocycles. The van der Waals surface area contributed by atoms with Crippen LogP contribution in [-0.2, 0) is 14.3 Å². The number of hydrogen-bond acceptors (Lipinski definition) is 8. The number of nitro groups is 1. The molecule has 3 aromatic carbocycles. The Hall–Kier alpha value is -5.12. The van der Waals surface area contributed by atoms with E-state index in [0.29, 0.717) is 23.3 Å². The lowest BCUT2D eigenvalue weighted by atomic mass is 9.63. The van der Waals surface area contributed by atoms with Crippen molar-refractivity contribution in [2.75, 3.05) is 11.5 Å². The maximum atomic E-state index is 13.5. The smallest absolute Gasteiger partial charge is 0.340 e. The molecule has 2 amide bonds. The molecule has 3 aromatic rings. The van der Waals surface area contributed by atoms with Gasteiger partial charge in [-0.15, -0.1) is 0 Å². The van der Waals surface area contributed by atoms with Crippen LogP contribution in [-0.4, -0.2) is 35.1 Å². The highest BCUT2D eigenvalue weighted by Gasteiger charge is 2.67. The first-order valence-corrected chi connectivity index (χ1v) is 13.7. The van der Waals surface area contributed by atoms with Crippen molar-refractivity contribution >= 4 is 34.9 Å². The number of hydrogen-bond donors (Lipinski definition) is 0. The maximum absolute atomic E-state index is 13.5. The van der Waals surface area contributed by atoms with E-state index in [4.69, 9.17) is 9.47 Å². The minimum absolute atomic E-state index is 0.0444. The van der Waals surface area contributed by atoms with Crippen LogP contribution in [0, 0.1) is 45.6 Å². The van der Waals surface area contributed by atoms with Gasteiger partial charge in [0.1, 0.15) is 11.5 Å². The molecule has 8 rings (SSSR count). The molecule has 0 aromatic heterocycles. The Morgan fingerprint density at radius 1 is 0.833 bits per heavy atom. The first-order valence-electron chi connectivity index (χ1n) is 13.7. The van der Waals surface area contributed by atoms with Crippen molar-refractivity contribution in [1.29, 1.82) is 0 Å². The van der Waals surface area contributed by atoms with Crippen LogP contribution in [0.4, 0.5) is 11.4 Å². The summed E-state index contributed by atoms with van der Waals surface area (Å²) >= 11 is 0. The number of allylic oxidation sites excluding steroid dienone is 2. The largest absolute Gasteiger partial charge is 0.457 e. The number of anilines is 1. The zero-order valence-electron chi connectivity index (χ0n) is 22.1. The van der Waals surface area contributed by atoms with Crippen LogP contribution < -0.4 is 9.64 Å². The van der Waals surface area contributed by atoms with Gasteiger partial charge in [-0.3, -0.25) is 24.5 Å². The molecule has 1 heterocycles. The topological polar surface area (TPSA) is 133 Å². The molecule has 10 nitrogen and oxygen atoms in total. The fraction of sp³-hybridized carbons (Fsp3) is 0.250. The van der Waals surface area contributed by atoms with Gasteiger partial charge in [0.15, 0.2) is 12.4 Å². The summed E-state index contributed by atoms with van der Waals surface area (Å²) in [7, 11) is 0. The van der Waals surface area contributed by atoms with Crippen LogP contribution in [0.2, 0.25) is 0 Å². The molecule has 2 bridgehead atoms. The van der Waals surface area contributed by atoms with Crippen LogP contribution >= 0.6 is 0 Å². The van der Waals surface area contributed by atoms with E-state index in [-0.39, 0.29) is 46.2 Å². The molecule has 2 saturated carbocycles. The Morgan fingerprint density at radius 2 is 1.40 bits per heavy atom. The van der Waals surface area contributed by atoms with E-state index in [1.54, 1.807) is 30.3 Å². The zero-order chi connectivity index (χ0) is 29.1. The van der Waals surface area contributed by atoms with Crippen molar-refractivity contribution in [2.24, 2.45) is 35.5 Å². The fourth-order valence-electron chi connectivity index (χ4n) is 6.81. The van der Waals surface area contributed by atoms with Gasteiger partial charge in [0.05, 0.1) is 28.0 Å². The molecule has 5 aliphatic rings. The number of nitro benzene ring substituents is 1. The van der Waals surface area contributed by atoms with E-state index >= 15 is 0 Å². The highest BCUT2D eigenvalue weighted by molar-refractivity contribution is 6.24. The Morgan fingerprint density at radius 3 is 2.00 bits per heavy atom. The van der Waals surface area contributed by atoms with Crippen LogP contribution in [0.15, 0.2) is 84.9 Å². The molecule has 0 radical (unpaired) electrons. The Bertz CT molecular complexity index is 1640. The number of esters is 1. The number of amides is 2. The standard InChI is InChI=1S/C32H24N2O8/c35-27(17-5-9-19(10-6-17)42-20-11-7-18(8-12-20)34(39)40)16-41-32(38)23-3-1-2-4-26(23)33-30(36)28-21-13-14-22(25-15-24(21)25)29(28)31(33)37/h1-14,21-22,24-25,28-29H,15-16H2/t21-,22-,24-,25+,28-,29+/m0/s1. The number of non-ortho nitro benzene ring substituents is 1. The quantitative estimate of drug-likeness (QED) is 0.0934. The van der Waals surface area contributed by atoms with Crippen LogP contribution in [0.5, 0.6) is 11.5 Å². The van der Waals surface area contributed by atoms with Gasteiger partial charge in [-0.1, -0.05) is 24.3 Å². The predicted molar refractivity (Wildman–Crippen MR) is 148 cm³/mol. The first kappa shape index (κ1) is 25.8. The van der Waals surface area contributed by atoms with Crippen molar-refractivity contribution in [3.05, 3.63) is 106 Å². The Labute approximate surface area is 239 Å². The van der Waals surface area contributed by atoms with Crippen LogP contribution in [0.1, 0.15) is 27.1 Å². The number of rotatable bonds is 8. The first-order chi connectivity index (χ1) is 20.3. The third-order valence-corrected chi connectivity index (χ3v) is 8.82. The molecule has 6 atom stereocenters. The van der Waals surface area contributed by atoms with Gasteiger partial charge in [0, 0.05) is 17.7 Å². The van der Waals surface area contributed by atoms with Gasteiger partial charge in [-0.05, 0) is 78.6 Å². The van der Waals surface area contributed by atoms with Gasteiger partial charge in [0.2, 0.25) is 11.8 Å². The number of para-hydroxylation sites is 1. The zero-order valence-corrected chi connectivity index (χ0v) is 22.1. The van der Waals surface area contributed by atoms with Crippen molar-refractivity contribution < 1.29 is 33.6 Å². The maximum Gasteiger partial charge on any atom is 0.340 e. The van der Waals surface area contributed by atoms with Crippen molar-refractivity contribution in [2.45, 2.75) is 6.42 Å². The van der Waals surface area contributed by atoms with Crippen LogP contribution in [0.25, 0.3) is 0 Å². The van der Waals surface area contributed by atoms with E-state index < -0.39 is 35.1 Å². The van der Waals surface area contributed by atoms with Gasteiger partial charge in [0.25, 0.3) is 5.69 Å². The number of benzene rings is 3. The SMILES string of the molecule is O=C(COC(=O)c1ccccc1N1C(=O)[C@@H]2[C@H]3C=C[C@@H]([C@@H]4C[C@H]34)[C@@H]2C1=O)c1ccc(Oc2ccc([N+](=O)[O-])cc2)cc1. The summed E-state index contributed by atoms with van der Waals surface area (Å²) in [5.74, 6) is -0.745.